The Bertz CT molecular complexity index is 206. The molecule has 0 aromatic heterocycles. The summed E-state index contributed by atoms with van der Waals surface area (Å²) in [4.78, 5) is 0. The van der Waals surface area contributed by atoms with Gasteiger partial charge in [0.25, 0.3) is 0 Å². The van der Waals surface area contributed by atoms with Crippen molar-refractivity contribution in [1.29, 1.82) is 0 Å². The van der Waals surface area contributed by atoms with Crippen LogP contribution in [0.25, 0.3) is 0 Å². The molecule has 0 amide bonds. The zero-order chi connectivity index (χ0) is 9.19. The summed E-state index contributed by atoms with van der Waals surface area (Å²) in [6.45, 7) is 6.81. The molecule has 0 unspecified atom stereocenters. The molecule has 0 aliphatic heterocycles. The second kappa shape index (κ2) is 3.34. The minimum absolute atomic E-state index is 0.367. The highest BCUT2D eigenvalue weighted by Crippen LogP contribution is 2.32. The summed E-state index contributed by atoms with van der Waals surface area (Å²) in [7, 11) is 1.72. The molecule has 0 fully saturated rings. The van der Waals surface area contributed by atoms with Gasteiger partial charge in [-0.25, -0.2) is 0 Å². The fourth-order valence-corrected chi connectivity index (χ4v) is 1.39. The molecule has 1 aliphatic rings. The summed E-state index contributed by atoms with van der Waals surface area (Å²) in [5.41, 5.74) is 0.367. The summed E-state index contributed by atoms with van der Waals surface area (Å²) in [6, 6.07) is 0. The Morgan fingerprint density at radius 1 is 1.42 bits per heavy atom. The Hall–Kier alpha value is -0.720. The van der Waals surface area contributed by atoms with Crippen molar-refractivity contribution in [2.75, 3.05) is 7.11 Å². The van der Waals surface area contributed by atoms with Gasteiger partial charge in [0.05, 0.1) is 7.11 Å². The number of hydrogen-bond donors (Lipinski definition) is 0. The van der Waals surface area contributed by atoms with Crippen LogP contribution in [-0.4, -0.2) is 7.11 Å². The number of hydrogen-bond acceptors (Lipinski definition) is 1. The van der Waals surface area contributed by atoms with Crippen LogP contribution in [0.5, 0.6) is 0 Å². The molecule has 0 radical (unpaired) electrons. The summed E-state index contributed by atoms with van der Waals surface area (Å²) >= 11 is 0. The highest BCUT2D eigenvalue weighted by atomic mass is 16.5. The van der Waals surface area contributed by atoms with E-state index in [2.05, 4.69) is 39.0 Å². The molecule has 0 aromatic carbocycles. The first-order chi connectivity index (χ1) is 5.54. The molecule has 0 saturated heterocycles. The molecular weight excluding hydrogens is 148 g/mol. The molecule has 0 bridgehead atoms. The molecule has 0 heterocycles. The van der Waals surface area contributed by atoms with Gasteiger partial charge in [-0.15, -0.1) is 0 Å². The SMILES string of the molecule is COC1=CC[C@@H](C(C)(C)C)C=C1. The van der Waals surface area contributed by atoms with Crippen molar-refractivity contribution < 1.29 is 4.74 Å². The van der Waals surface area contributed by atoms with Crippen LogP contribution in [0.4, 0.5) is 0 Å². The van der Waals surface area contributed by atoms with Crippen LogP contribution in [0.2, 0.25) is 0 Å². The zero-order valence-corrected chi connectivity index (χ0v) is 8.42. The van der Waals surface area contributed by atoms with E-state index in [0.29, 0.717) is 11.3 Å². The molecule has 1 rings (SSSR count). The number of ether oxygens (including phenoxy) is 1. The van der Waals surface area contributed by atoms with Gasteiger partial charge >= 0.3 is 0 Å². The minimum Gasteiger partial charge on any atom is -0.497 e. The van der Waals surface area contributed by atoms with Crippen LogP contribution in [0.15, 0.2) is 24.0 Å². The zero-order valence-electron chi connectivity index (χ0n) is 8.42. The molecule has 1 aliphatic carbocycles. The monoisotopic (exact) mass is 166 g/mol. The van der Waals surface area contributed by atoms with E-state index in [1.54, 1.807) is 7.11 Å². The lowest BCUT2D eigenvalue weighted by molar-refractivity contribution is 0.270. The van der Waals surface area contributed by atoms with Crippen molar-refractivity contribution in [3.63, 3.8) is 0 Å². The van der Waals surface area contributed by atoms with Crippen molar-refractivity contribution >= 4 is 0 Å². The first-order valence-corrected chi connectivity index (χ1v) is 4.46. The average molecular weight is 166 g/mol. The maximum Gasteiger partial charge on any atom is 0.114 e. The first kappa shape index (κ1) is 9.37. The number of rotatable bonds is 1. The third-order valence-electron chi connectivity index (χ3n) is 2.41. The lowest BCUT2D eigenvalue weighted by Gasteiger charge is -2.29. The summed E-state index contributed by atoms with van der Waals surface area (Å²) in [5.74, 6) is 1.65. The van der Waals surface area contributed by atoms with Crippen molar-refractivity contribution in [1.82, 2.24) is 0 Å². The highest BCUT2D eigenvalue weighted by molar-refractivity contribution is 5.19. The van der Waals surface area contributed by atoms with Gasteiger partial charge in [0.2, 0.25) is 0 Å². The van der Waals surface area contributed by atoms with Crippen molar-refractivity contribution in [2.24, 2.45) is 11.3 Å². The Morgan fingerprint density at radius 3 is 2.42 bits per heavy atom. The Labute approximate surface area is 75.1 Å². The fourth-order valence-electron chi connectivity index (χ4n) is 1.39. The van der Waals surface area contributed by atoms with Crippen molar-refractivity contribution in [3.8, 4) is 0 Å². The number of methoxy groups -OCH3 is 1. The van der Waals surface area contributed by atoms with Crippen LogP contribution >= 0.6 is 0 Å². The van der Waals surface area contributed by atoms with Crippen LogP contribution in [0, 0.1) is 11.3 Å². The predicted molar refractivity (Wildman–Crippen MR) is 51.8 cm³/mol. The Balaban J connectivity index is 2.60. The summed E-state index contributed by atoms with van der Waals surface area (Å²) < 4.78 is 5.13. The van der Waals surface area contributed by atoms with E-state index in [1.165, 1.54) is 0 Å². The standard InChI is InChI=1S/C11H18O/c1-11(2,3)9-5-7-10(12-4)8-6-9/h5,7-9H,6H2,1-4H3/t9-/m0/s1. The molecule has 12 heavy (non-hydrogen) atoms. The van der Waals surface area contributed by atoms with Crippen LogP contribution < -0.4 is 0 Å². The van der Waals surface area contributed by atoms with Gasteiger partial charge in [-0.3, -0.25) is 0 Å². The van der Waals surface area contributed by atoms with E-state index in [-0.39, 0.29) is 0 Å². The molecule has 1 atom stereocenters. The van der Waals surface area contributed by atoms with Gasteiger partial charge < -0.3 is 4.74 Å². The lowest BCUT2D eigenvalue weighted by Crippen LogP contribution is -2.19. The molecule has 0 saturated carbocycles. The lowest BCUT2D eigenvalue weighted by atomic mass is 9.77. The molecule has 0 N–H and O–H groups in total. The third-order valence-corrected chi connectivity index (χ3v) is 2.41. The van der Waals surface area contributed by atoms with Gasteiger partial charge in [-0.2, -0.15) is 0 Å². The second-order valence-corrected chi connectivity index (χ2v) is 4.38. The molecule has 0 aromatic rings. The Kier molecular flexibility index (Phi) is 2.61. The first-order valence-electron chi connectivity index (χ1n) is 4.46. The highest BCUT2D eigenvalue weighted by Gasteiger charge is 2.22. The normalized spacial score (nSPS) is 23.7. The predicted octanol–water partition coefficient (Wildman–Crippen LogP) is 3.14. The van der Waals surface area contributed by atoms with Crippen LogP contribution in [0.1, 0.15) is 27.2 Å². The van der Waals surface area contributed by atoms with Gasteiger partial charge in [-0.05, 0) is 29.9 Å². The van der Waals surface area contributed by atoms with Gasteiger partial charge in [0.15, 0.2) is 0 Å². The van der Waals surface area contributed by atoms with E-state index in [9.17, 15) is 0 Å². The third kappa shape index (κ3) is 2.13. The molecule has 0 spiro atoms. The second-order valence-electron chi connectivity index (χ2n) is 4.38. The maximum atomic E-state index is 5.13. The number of allylic oxidation sites excluding steroid dienone is 3. The molecule has 68 valence electrons. The van der Waals surface area contributed by atoms with E-state index >= 15 is 0 Å². The summed E-state index contributed by atoms with van der Waals surface area (Å²) in [5, 5.41) is 0. The molecule has 1 nitrogen and oxygen atoms in total. The average Bonchev–Trinajstić information content (AvgIpc) is 2.03. The van der Waals surface area contributed by atoms with E-state index in [1.807, 2.05) is 0 Å². The van der Waals surface area contributed by atoms with Gasteiger partial charge in [0.1, 0.15) is 5.76 Å². The Morgan fingerprint density at radius 2 is 2.08 bits per heavy atom. The fraction of sp³-hybridized carbons (Fsp3) is 0.636. The van der Waals surface area contributed by atoms with E-state index in [4.69, 9.17) is 4.74 Å². The quantitative estimate of drug-likeness (QED) is 0.581. The van der Waals surface area contributed by atoms with Crippen LogP contribution in [-0.2, 0) is 4.74 Å². The minimum atomic E-state index is 0.367. The van der Waals surface area contributed by atoms with Crippen LogP contribution in [0.3, 0.4) is 0 Å². The van der Waals surface area contributed by atoms with E-state index < -0.39 is 0 Å². The van der Waals surface area contributed by atoms with Crippen molar-refractivity contribution in [2.45, 2.75) is 27.2 Å². The summed E-state index contributed by atoms with van der Waals surface area (Å²) in [6.07, 6.45) is 7.58. The van der Waals surface area contributed by atoms with Crippen molar-refractivity contribution in [3.05, 3.63) is 24.0 Å². The molecule has 1 heteroatoms. The largest absolute Gasteiger partial charge is 0.497 e. The van der Waals surface area contributed by atoms with E-state index in [0.717, 1.165) is 12.2 Å². The topological polar surface area (TPSA) is 9.23 Å². The molecular formula is C11H18O. The maximum absolute atomic E-state index is 5.13. The van der Waals surface area contributed by atoms with Gasteiger partial charge in [-0.1, -0.05) is 26.8 Å². The van der Waals surface area contributed by atoms with Gasteiger partial charge in [0, 0.05) is 0 Å². The smallest absolute Gasteiger partial charge is 0.114 e.